The topological polar surface area (TPSA) is 38.3 Å². The van der Waals surface area contributed by atoms with E-state index in [1.54, 1.807) is 19.9 Å². The largest absolute Gasteiger partial charge is 0.468 e. The second-order valence-corrected chi connectivity index (χ2v) is 4.66. The highest BCUT2D eigenvalue weighted by atomic mass is 19.3. The Morgan fingerprint density at radius 2 is 2.11 bits per heavy atom. The first kappa shape index (κ1) is 17.0. The SMILES string of the molecule is C=CCCCC(F)(F)CN[C@H](C(=O)OC)C(C)C. The fourth-order valence-corrected chi connectivity index (χ4v) is 1.57. The number of esters is 1. The molecule has 106 valence electrons. The van der Waals surface area contributed by atoms with Gasteiger partial charge < -0.3 is 4.74 Å². The van der Waals surface area contributed by atoms with E-state index in [0.717, 1.165) is 0 Å². The molecule has 0 unspecified atom stereocenters. The molecule has 18 heavy (non-hydrogen) atoms. The van der Waals surface area contributed by atoms with Gasteiger partial charge in [-0.3, -0.25) is 10.1 Å². The summed E-state index contributed by atoms with van der Waals surface area (Å²) in [5, 5.41) is 2.59. The van der Waals surface area contributed by atoms with Crippen molar-refractivity contribution in [2.75, 3.05) is 13.7 Å². The van der Waals surface area contributed by atoms with E-state index in [1.165, 1.54) is 7.11 Å². The third-order valence-corrected chi connectivity index (χ3v) is 2.65. The van der Waals surface area contributed by atoms with Crippen molar-refractivity contribution in [1.82, 2.24) is 5.32 Å². The molecular weight excluding hydrogens is 240 g/mol. The number of ether oxygens (including phenoxy) is 1. The molecule has 0 rings (SSSR count). The average Bonchev–Trinajstić information content (AvgIpc) is 2.28. The molecule has 3 nitrogen and oxygen atoms in total. The maximum absolute atomic E-state index is 13.5. The van der Waals surface area contributed by atoms with E-state index >= 15 is 0 Å². The van der Waals surface area contributed by atoms with Gasteiger partial charge in [0, 0.05) is 6.42 Å². The van der Waals surface area contributed by atoms with Crippen LogP contribution in [-0.2, 0) is 9.53 Å². The molecular formula is C13H23F2NO2. The van der Waals surface area contributed by atoms with Crippen LogP contribution in [0.1, 0.15) is 33.1 Å². The highest BCUT2D eigenvalue weighted by molar-refractivity contribution is 5.75. The Morgan fingerprint density at radius 1 is 1.50 bits per heavy atom. The van der Waals surface area contributed by atoms with E-state index < -0.39 is 24.5 Å². The highest BCUT2D eigenvalue weighted by Gasteiger charge is 2.31. The molecule has 0 fully saturated rings. The summed E-state index contributed by atoms with van der Waals surface area (Å²) in [5.41, 5.74) is 0. The lowest BCUT2D eigenvalue weighted by Crippen LogP contribution is -2.46. The lowest BCUT2D eigenvalue weighted by atomic mass is 10.0. The third-order valence-electron chi connectivity index (χ3n) is 2.65. The first-order valence-electron chi connectivity index (χ1n) is 6.14. The molecule has 0 aromatic rings. The predicted molar refractivity (Wildman–Crippen MR) is 67.6 cm³/mol. The van der Waals surface area contributed by atoms with E-state index in [-0.39, 0.29) is 12.3 Å². The molecule has 0 aromatic carbocycles. The molecule has 0 heterocycles. The lowest BCUT2D eigenvalue weighted by Gasteiger charge is -2.23. The maximum atomic E-state index is 13.5. The number of carbonyl (C=O) groups is 1. The molecule has 0 aliphatic carbocycles. The van der Waals surface area contributed by atoms with Crippen LogP contribution in [-0.4, -0.2) is 31.6 Å². The molecule has 0 aliphatic rings. The van der Waals surface area contributed by atoms with Crippen LogP contribution in [0.15, 0.2) is 12.7 Å². The first-order chi connectivity index (χ1) is 8.34. The van der Waals surface area contributed by atoms with Gasteiger partial charge in [-0.1, -0.05) is 19.9 Å². The first-order valence-corrected chi connectivity index (χ1v) is 6.14. The molecule has 0 saturated carbocycles. The van der Waals surface area contributed by atoms with Crippen LogP contribution in [0.2, 0.25) is 0 Å². The van der Waals surface area contributed by atoms with Crippen LogP contribution >= 0.6 is 0 Å². The van der Waals surface area contributed by atoms with E-state index in [0.29, 0.717) is 12.8 Å². The molecule has 0 radical (unpaired) electrons. The summed E-state index contributed by atoms with van der Waals surface area (Å²) >= 11 is 0. The number of alkyl halides is 2. The Kier molecular flexibility index (Phi) is 7.75. The van der Waals surface area contributed by atoms with Crippen LogP contribution in [0.3, 0.4) is 0 Å². The number of nitrogens with one attached hydrogen (secondary N) is 1. The number of hydrogen-bond donors (Lipinski definition) is 1. The van der Waals surface area contributed by atoms with Crippen molar-refractivity contribution in [3.05, 3.63) is 12.7 Å². The Labute approximate surface area is 108 Å². The quantitative estimate of drug-likeness (QED) is 0.395. The van der Waals surface area contributed by atoms with Crippen molar-refractivity contribution >= 4 is 5.97 Å². The van der Waals surface area contributed by atoms with Gasteiger partial charge in [0.1, 0.15) is 6.04 Å². The van der Waals surface area contributed by atoms with Gasteiger partial charge in [-0.25, -0.2) is 8.78 Å². The highest BCUT2D eigenvalue weighted by Crippen LogP contribution is 2.21. The summed E-state index contributed by atoms with van der Waals surface area (Å²) in [6.07, 6.45) is 2.37. The van der Waals surface area contributed by atoms with Crippen LogP contribution in [0, 0.1) is 5.92 Å². The number of rotatable bonds is 9. The minimum Gasteiger partial charge on any atom is -0.468 e. The van der Waals surface area contributed by atoms with Crippen molar-refractivity contribution in [2.24, 2.45) is 5.92 Å². The van der Waals surface area contributed by atoms with Crippen LogP contribution < -0.4 is 5.32 Å². The molecule has 0 aromatic heterocycles. The molecule has 5 heteroatoms. The van der Waals surface area contributed by atoms with Crippen LogP contribution in [0.4, 0.5) is 8.78 Å². The monoisotopic (exact) mass is 263 g/mol. The molecule has 0 saturated heterocycles. The summed E-state index contributed by atoms with van der Waals surface area (Å²) in [5.74, 6) is -3.42. The van der Waals surface area contributed by atoms with Crippen molar-refractivity contribution in [3.8, 4) is 0 Å². The molecule has 0 spiro atoms. The zero-order valence-electron chi connectivity index (χ0n) is 11.3. The Hall–Kier alpha value is -0.970. The van der Waals surface area contributed by atoms with Crippen molar-refractivity contribution < 1.29 is 18.3 Å². The van der Waals surface area contributed by atoms with Gasteiger partial charge in [-0.05, 0) is 18.8 Å². The van der Waals surface area contributed by atoms with Crippen LogP contribution in [0.5, 0.6) is 0 Å². The zero-order chi connectivity index (χ0) is 14.2. The number of methoxy groups -OCH3 is 1. The number of hydrogen-bond acceptors (Lipinski definition) is 3. The minimum absolute atomic E-state index is 0.0959. The summed E-state index contributed by atoms with van der Waals surface area (Å²) in [7, 11) is 1.25. The Balaban J connectivity index is 4.24. The van der Waals surface area contributed by atoms with E-state index in [9.17, 15) is 13.6 Å². The standard InChI is InChI=1S/C13H23F2NO2/c1-5-6-7-8-13(14,15)9-16-11(10(2)3)12(17)18-4/h5,10-11,16H,1,6-9H2,2-4H3/t11-/m0/s1. The lowest BCUT2D eigenvalue weighted by molar-refractivity contribution is -0.144. The fourth-order valence-electron chi connectivity index (χ4n) is 1.57. The molecule has 0 aliphatic heterocycles. The van der Waals surface area contributed by atoms with Gasteiger partial charge in [0.2, 0.25) is 0 Å². The van der Waals surface area contributed by atoms with Gasteiger partial charge >= 0.3 is 5.97 Å². The fraction of sp³-hybridized carbons (Fsp3) is 0.769. The summed E-state index contributed by atoms with van der Waals surface area (Å²) in [6, 6.07) is -0.694. The second-order valence-electron chi connectivity index (χ2n) is 4.66. The summed E-state index contributed by atoms with van der Waals surface area (Å²) in [6.45, 7) is 6.54. The van der Waals surface area contributed by atoms with E-state index in [2.05, 4.69) is 16.6 Å². The van der Waals surface area contributed by atoms with Gasteiger partial charge in [0.05, 0.1) is 13.7 Å². The molecule has 1 atom stereocenters. The Bertz CT molecular complexity index is 268. The minimum atomic E-state index is -2.82. The van der Waals surface area contributed by atoms with E-state index in [1.807, 2.05) is 0 Å². The van der Waals surface area contributed by atoms with Crippen LogP contribution in [0.25, 0.3) is 0 Å². The smallest absolute Gasteiger partial charge is 0.323 e. The van der Waals surface area contributed by atoms with Crippen molar-refractivity contribution in [1.29, 1.82) is 0 Å². The number of allylic oxidation sites excluding steroid dienone is 1. The molecule has 0 amide bonds. The molecule has 0 bridgehead atoms. The third kappa shape index (κ3) is 6.69. The van der Waals surface area contributed by atoms with Gasteiger partial charge in [-0.2, -0.15) is 0 Å². The van der Waals surface area contributed by atoms with E-state index in [4.69, 9.17) is 0 Å². The maximum Gasteiger partial charge on any atom is 0.323 e. The summed E-state index contributed by atoms with van der Waals surface area (Å²) < 4.78 is 31.6. The number of carbonyl (C=O) groups excluding carboxylic acids is 1. The van der Waals surface area contributed by atoms with Crippen molar-refractivity contribution in [3.63, 3.8) is 0 Å². The Morgan fingerprint density at radius 3 is 2.56 bits per heavy atom. The normalized spacial score (nSPS) is 13.4. The zero-order valence-corrected chi connectivity index (χ0v) is 11.3. The number of unbranched alkanes of at least 4 members (excludes halogenated alkanes) is 1. The van der Waals surface area contributed by atoms with Crippen molar-refractivity contribution in [2.45, 2.75) is 45.1 Å². The molecule has 1 N–H and O–H groups in total. The van der Waals surface area contributed by atoms with Gasteiger partial charge in [0.25, 0.3) is 5.92 Å². The predicted octanol–water partition coefficient (Wildman–Crippen LogP) is 2.77. The summed E-state index contributed by atoms with van der Waals surface area (Å²) in [4.78, 5) is 11.4. The number of halogens is 2. The average molecular weight is 263 g/mol. The second kappa shape index (κ2) is 8.19. The van der Waals surface area contributed by atoms with Gasteiger partial charge in [-0.15, -0.1) is 6.58 Å². The van der Waals surface area contributed by atoms with Gasteiger partial charge in [0.15, 0.2) is 0 Å².